The van der Waals surface area contributed by atoms with Gasteiger partial charge in [0.1, 0.15) is 0 Å². The van der Waals surface area contributed by atoms with E-state index in [2.05, 4.69) is 55.3 Å². The third-order valence-corrected chi connectivity index (χ3v) is 6.54. The van der Waals surface area contributed by atoms with Crippen molar-refractivity contribution in [3.63, 3.8) is 0 Å². The van der Waals surface area contributed by atoms with Crippen molar-refractivity contribution in [3.8, 4) is 5.69 Å². The van der Waals surface area contributed by atoms with E-state index in [-0.39, 0.29) is 17.9 Å². The van der Waals surface area contributed by atoms with Crippen LogP contribution in [0.4, 0.5) is 0 Å². The van der Waals surface area contributed by atoms with Crippen molar-refractivity contribution in [2.75, 3.05) is 0 Å². The summed E-state index contributed by atoms with van der Waals surface area (Å²) in [5.41, 5.74) is 2.10. The molecule has 1 heterocycles. The van der Waals surface area contributed by atoms with E-state index in [9.17, 15) is 4.79 Å². The molecule has 1 aromatic heterocycles. The maximum absolute atomic E-state index is 12.6. The molecule has 33 heavy (non-hydrogen) atoms. The lowest BCUT2D eigenvalue weighted by molar-refractivity contribution is -0.122. The second-order valence-corrected chi connectivity index (χ2v) is 11.2. The summed E-state index contributed by atoms with van der Waals surface area (Å²) in [4.78, 5) is 12.6. The van der Waals surface area contributed by atoms with Gasteiger partial charge >= 0.3 is 0 Å². The summed E-state index contributed by atoms with van der Waals surface area (Å²) in [6, 6.07) is 15.5. The number of hydrogen-bond donors (Lipinski definition) is 1. The summed E-state index contributed by atoms with van der Waals surface area (Å²) in [7, 11) is 0. The van der Waals surface area contributed by atoms with E-state index in [4.69, 9.17) is 23.2 Å². The zero-order chi connectivity index (χ0) is 24.0. The van der Waals surface area contributed by atoms with Gasteiger partial charge in [-0.05, 0) is 41.5 Å². The molecule has 0 spiro atoms. The minimum atomic E-state index is 0.00184. The van der Waals surface area contributed by atoms with E-state index in [1.165, 1.54) is 5.56 Å². The van der Waals surface area contributed by atoms with Crippen LogP contribution in [-0.2, 0) is 17.1 Å². The number of carbonyl (C=O) groups excluding carboxylic acids is 1. The molecule has 0 radical (unpaired) electrons. The number of benzene rings is 2. The first-order chi connectivity index (χ1) is 15.6. The van der Waals surface area contributed by atoms with Gasteiger partial charge in [-0.25, -0.2) is 0 Å². The number of thioether (sulfide) groups is 1. The molecule has 0 fully saturated rings. The Morgan fingerprint density at radius 3 is 2.52 bits per heavy atom. The van der Waals surface area contributed by atoms with Gasteiger partial charge in [0.15, 0.2) is 11.0 Å². The highest BCUT2D eigenvalue weighted by Gasteiger charge is 2.20. The van der Waals surface area contributed by atoms with E-state index in [0.717, 1.165) is 17.9 Å². The number of nitrogens with one attached hydrogen (secondary N) is 1. The van der Waals surface area contributed by atoms with E-state index >= 15 is 0 Å². The van der Waals surface area contributed by atoms with E-state index in [1.54, 1.807) is 23.9 Å². The average molecular weight is 506 g/mol. The van der Waals surface area contributed by atoms with Crippen molar-refractivity contribution >= 4 is 40.9 Å². The van der Waals surface area contributed by atoms with Gasteiger partial charge in [0.2, 0.25) is 5.91 Å². The van der Waals surface area contributed by atoms with Gasteiger partial charge in [-0.1, -0.05) is 93.0 Å². The number of rotatable bonds is 9. The molecular formula is C25H30Cl2N4OS. The molecule has 2 aromatic carbocycles. The quantitative estimate of drug-likeness (QED) is 0.320. The van der Waals surface area contributed by atoms with Crippen LogP contribution in [0.15, 0.2) is 53.7 Å². The topological polar surface area (TPSA) is 59.8 Å². The first-order valence-corrected chi connectivity index (χ1v) is 12.7. The molecule has 1 atom stereocenters. The van der Waals surface area contributed by atoms with Crippen molar-refractivity contribution in [1.82, 2.24) is 20.1 Å². The summed E-state index contributed by atoms with van der Waals surface area (Å²) in [5.74, 6) is 1.65. The number of hydrogen-bond acceptors (Lipinski definition) is 4. The van der Waals surface area contributed by atoms with Gasteiger partial charge in [0.25, 0.3) is 0 Å². The third kappa shape index (κ3) is 7.76. The Hall–Kier alpha value is -2.02. The molecule has 1 unspecified atom stereocenters. The largest absolute Gasteiger partial charge is 0.349 e. The van der Waals surface area contributed by atoms with Crippen LogP contribution in [0.2, 0.25) is 10.0 Å². The fraction of sp³-hybridized carbons (Fsp3) is 0.400. The SMILES string of the molecule is CC(CC(=O)NCc1nnc(SCc2ccccc2)n1-c1ccc(Cl)cc1Cl)CC(C)(C)C. The Balaban J connectivity index is 1.78. The fourth-order valence-electron chi connectivity index (χ4n) is 3.82. The monoisotopic (exact) mass is 504 g/mol. The normalized spacial score (nSPS) is 12.5. The summed E-state index contributed by atoms with van der Waals surface area (Å²) < 4.78 is 1.89. The van der Waals surface area contributed by atoms with Crippen molar-refractivity contribution in [3.05, 3.63) is 70.0 Å². The number of halogens is 2. The first kappa shape index (κ1) is 25.6. The van der Waals surface area contributed by atoms with Crippen LogP contribution in [0, 0.1) is 11.3 Å². The minimum absolute atomic E-state index is 0.00184. The van der Waals surface area contributed by atoms with Gasteiger partial charge in [0.05, 0.1) is 17.3 Å². The van der Waals surface area contributed by atoms with Crippen LogP contribution in [-0.4, -0.2) is 20.7 Å². The summed E-state index contributed by atoms with van der Waals surface area (Å²) in [6.07, 6.45) is 1.46. The number of amides is 1. The zero-order valence-corrected chi connectivity index (χ0v) is 21.8. The predicted molar refractivity (Wildman–Crippen MR) is 137 cm³/mol. The molecule has 1 N–H and O–H groups in total. The minimum Gasteiger partial charge on any atom is -0.349 e. The van der Waals surface area contributed by atoms with E-state index in [1.807, 2.05) is 28.8 Å². The number of aromatic nitrogens is 3. The lowest BCUT2D eigenvalue weighted by Crippen LogP contribution is -2.27. The second kappa shape index (κ2) is 11.4. The summed E-state index contributed by atoms with van der Waals surface area (Å²) >= 11 is 14.2. The van der Waals surface area contributed by atoms with Gasteiger partial charge in [-0.15, -0.1) is 10.2 Å². The van der Waals surface area contributed by atoms with Crippen LogP contribution in [0.3, 0.4) is 0 Å². The smallest absolute Gasteiger partial charge is 0.220 e. The molecule has 0 saturated carbocycles. The highest BCUT2D eigenvalue weighted by atomic mass is 35.5. The van der Waals surface area contributed by atoms with Crippen LogP contribution in [0.5, 0.6) is 0 Å². The fourth-order valence-corrected chi connectivity index (χ4v) is 5.23. The molecule has 0 bridgehead atoms. The lowest BCUT2D eigenvalue weighted by atomic mass is 9.84. The van der Waals surface area contributed by atoms with Crippen molar-refractivity contribution in [2.24, 2.45) is 11.3 Å². The second-order valence-electron chi connectivity index (χ2n) is 9.46. The molecule has 0 saturated heterocycles. The van der Waals surface area contributed by atoms with Gasteiger partial charge in [-0.3, -0.25) is 9.36 Å². The molecule has 5 nitrogen and oxygen atoms in total. The van der Waals surface area contributed by atoms with Crippen LogP contribution < -0.4 is 5.32 Å². The Bertz CT molecular complexity index is 1080. The lowest BCUT2D eigenvalue weighted by Gasteiger charge is -2.22. The van der Waals surface area contributed by atoms with Gasteiger partial charge < -0.3 is 5.32 Å². The summed E-state index contributed by atoms with van der Waals surface area (Å²) in [5, 5.41) is 13.5. The Labute approximate surface area is 210 Å². The highest BCUT2D eigenvalue weighted by Crippen LogP contribution is 2.31. The van der Waals surface area contributed by atoms with Crippen LogP contribution in [0.25, 0.3) is 5.69 Å². The molecule has 8 heteroatoms. The van der Waals surface area contributed by atoms with Crippen molar-refractivity contribution in [1.29, 1.82) is 0 Å². The summed E-state index contributed by atoms with van der Waals surface area (Å²) in [6.45, 7) is 8.94. The molecule has 176 valence electrons. The van der Waals surface area contributed by atoms with E-state index in [0.29, 0.717) is 33.4 Å². The molecule has 3 rings (SSSR count). The van der Waals surface area contributed by atoms with Crippen LogP contribution >= 0.6 is 35.0 Å². The number of nitrogens with zero attached hydrogens (tertiary/aromatic N) is 3. The predicted octanol–water partition coefficient (Wildman–Crippen LogP) is 6.95. The van der Waals surface area contributed by atoms with E-state index < -0.39 is 0 Å². The Kier molecular flexibility index (Phi) is 8.85. The molecule has 0 aliphatic heterocycles. The zero-order valence-electron chi connectivity index (χ0n) is 19.4. The molecular weight excluding hydrogens is 475 g/mol. The molecule has 0 aliphatic rings. The Morgan fingerprint density at radius 1 is 1.12 bits per heavy atom. The average Bonchev–Trinajstić information content (AvgIpc) is 3.12. The maximum atomic E-state index is 12.6. The molecule has 0 aliphatic carbocycles. The number of carbonyl (C=O) groups is 1. The van der Waals surface area contributed by atoms with Crippen molar-refractivity contribution < 1.29 is 4.79 Å². The van der Waals surface area contributed by atoms with Gasteiger partial charge in [0, 0.05) is 17.2 Å². The maximum Gasteiger partial charge on any atom is 0.220 e. The first-order valence-electron chi connectivity index (χ1n) is 11.0. The standard InChI is InChI=1S/C25H30Cl2N4OS/c1-17(14-25(2,3)4)12-23(32)28-15-22-29-30-24(33-16-18-8-6-5-7-9-18)31(22)21-11-10-19(26)13-20(21)27/h5-11,13,17H,12,14-16H2,1-4H3,(H,28,32). The van der Waals surface area contributed by atoms with Crippen molar-refractivity contribution in [2.45, 2.75) is 58.0 Å². The van der Waals surface area contributed by atoms with Crippen LogP contribution in [0.1, 0.15) is 51.9 Å². The highest BCUT2D eigenvalue weighted by molar-refractivity contribution is 7.98. The molecule has 3 aromatic rings. The third-order valence-electron chi connectivity index (χ3n) is 5.00. The van der Waals surface area contributed by atoms with Gasteiger partial charge in [-0.2, -0.15) is 0 Å². The molecule has 1 amide bonds. The Morgan fingerprint density at radius 2 is 1.85 bits per heavy atom.